The highest BCUT2D eigenvalue weighted by atomic mass is 15.3. The molecule has 0 aromatic rings. The van der Waals surface area contributed by atoms with Gasteiger partial charge in [0.2, 0.25) is 0 Å². The van der Waals surface area contributed by atoms with Crippen molar-refractivity contribution >= 4 is 0 Å². The van der Waals surface area contributed by atoms with E-state index in [9.17, 15) is 0 Å². The second kappa shape index (κ2) is 4.42. The smallest absolute Gasteiger partial charge is 0.0304 e. The fraction of sp³-hybridized carbons (Fsp3) is 1.00. The Morgan fingerprint density at radius 1 is 1.33 bits per heavy atom. The maximum Gasteiger partial charge on any atom is 0.0304 e. The molecule has 1 saturated heterocycles. The molecule has 2 heteroatoms. The zero-order chi connectivity index (χ0) is 10.9. The van der Waals surface area contributed by atoms with Crippen LogP contribution >= 0.6 is 0 Å². The normalized spacial score (nSPS) is 38.2. The average Bonchev–Trinajstić information content (AvgIpc) is 3.05. The van der Waals surface area contributed by atoms with Gasteiger partial charge >= 0.3 is 0 Å². The fourth-order valence-electron chi connectivity index (χ4n) is 2.56. The van der Waals surface area contributed by atoms with E-state index in [4.69, 9.17) is 0 Å². The predicted molar refractivity (Wildman–Crippen MR) is 65.1 cm³/mol. The molecule has 2 aliphatic rings. The summed E-state index contributed by atoms with van der Waals surface area (Å²) in [6.45, 7) is 10.8. The van der Waals surface area contributed by atoms with Crippen molar-refractivity contribution in [3.63, 3.8) is 0 Å². The van der Waals surface area contributed by atoms with Crippen LogP contribution in [0.2, 0.25) is 0 Å². The van der Waals surface area contributed by atoms with Gasteiger partial charge in [0.05, 0.1) is 0 Å². The van der Waals surface area contributed by atoms with Crippen molar-refractivity contribution in [1.82, 2.24) is 10.2 Å². The standard InChI is InChI=1S/C13H26N2/c1-4-12-9-15(8-11-6-7-11)13(3,5-2)10-14-12/h11-12,14H,4-10H2,1-3H3. The molecule has 2 unspecified atom stereocenters. The van der Waals surface area contributed by atoms with E-state index >= 15 is 0 Å². The highest BCUT2D eigenvalue weighted by Crippen LogP contribution is 2.34. The summed E-state index contributed by atoms with van der Waals surface area (Å²) in [6, 6.07) is 0.725. The largest absolute Gasteiger partial charge is 0.311 e. The summed E-state index contributed by atoms with van der Waals surface area (Å²) in [4.78, 5) is 2.76. The van der Waals surface area contributed by atoms with Crippen LogP contribution in [0.3, 0.4) is 0 Å². The molecule has 1 N–H and O–H groups in total. The highest BCUT2D eigenvalue weighted by Gasteiger charge is 2.38. The Morgan fingerprint density at radius 3 is 2.60 bits per heavy atom. The number of rotatable bonds is 4. The van der Waals surface area contributed by atoms with Gasteiger partial charge in [0.25, 0.3) is 0 Å². The lowest BCUT2D eigenvalue weighted by molar-refractivity contribution is 0.0439. The molecular formula is C13H26N2. The molecule has 2 rings (SSSR count). The summed E-state index contributed by atoms with van der Waals surface area (Å²) >= 11 is 0. The molecule has 1 aliphatic carbocycles. The Bertz CT molecular complexity index is 213. The van der Waals surface area contributed by atoms with Gasteiger partial charge in [-0.3, -0.25) is 4.90 Å². The van der Waals surface area contributed by atoms with Crippen LogP contribution < -0.4 is 5.32 Å². The molecule has 1 heterocycles. The molecule has 88 valence electrons. The molecule has 15 heavy (non-hydrogen) atoms. The summed E-state index contributed by atoms with van der Waals surface area (Å²) in [7, 11) is 0. The number of nitrogens with one attached hydrogen (secondary N) is 1. The Hall–Kier alpha value is -0.0800. The molecule has 2 fully saturated rings. The maximum absolute atomic E-state index is 3.69. The monoisotopic (exact) mass is 210 g/mol. The molecule has 2 nitrogen and oxygen atoms in total. The van der Waals surface area contributed by atoms with Crippen molar-refractivity contribution in [3.8, 4) is 0 Å². The first kappa shape index (κ1) is 11.4. The lowest BCUT2D eigenvalue weighted by atomic mass is 9.91. The molecule has 0 amide bonds. The van der Waals surface area contributed by atoms with Gasteiger partial charge in [-0.25, -0.2) is 0 Å². The minimum atomic E-state index is 0.411. The van der Waals surface area contributed by atoms with Gasteiger partial charge in [-0.1, -0.05) is 13.8 Å². The van der Waals surface area contributed by atoms with Crippen molar-refractivity contribution in [2.75, 3.05) is 19.6 Å². The number of hydrogen-bond acceptors (Lipinski definition) is 2. The Labute approximate surface area is 94.4 Å². The first-order valence-corrected chi connectivity index (χ1v) is 6.66. The topological polar surface area (TPSA) is 15.3 Å². The molecule has 1 aliphatic heterocycles. The molecule has 2 atom stereocenters. The van der Waals surface area contributed by atoms with E-state index in [1.54, 1.807) is 0 Å². The van der Waals surface area contributed by atoms with Crippen molar-refractivity contribution in [2.24, 2.45) is 5.92 Å². The Kier molecular flexibility index (Phi) is 3.36. The van der Waals surface area contributed by atoms with E-state index in [0.717, 1.165) is 12.0 Å². The van der Waals surface area contributed by atoms with Crippen LogP contribution in [-0.2, 0) is 0 Å². The van der Waals surface area contributed by atoms with Gasteiger partial charge < -0.3 is 5.32 Å². The zero-order valence-corrected chi connectivity index (χ0v) is 10.6. The minimum Gasteiger partial charge on any atom is -0.311 e. The molecule has 0 spiro atoms. The quantitative estimate of drug-likeness (QED) is 0.765. The van der Waals surface area contributed by atoms with Gasteiger partial charge in [0.1, 0.15) is 0 Å². The van der Waals surface area contributed by atoms with Gasteiger partial charge in [-0.15, -0.1) is 0 Å². The van der Waals surface area contributed by atoms with Gasteiger partial charge in [0.15, 0.2) is 0 Å². The first-order chi connectivity index (χ1) is 7.18. The summed E-state index contributed by atoms with van der Waals surface area (Å²) in [6.07, 6.45) is 5.48. The molecule has 0 aromatic carbocycles. The van der Waals surface area contributed by atoms with Gasteiger partial charge in [0, 0.05) is 31.2 Å². The fourth-order valence-corrected chi connectivity index (χ4v) is 2.56. The van der Waals surface area contributed by atoms with Crippen LogP contribution in [0.1, 0.15) is 46.5 Å². The van der Waals surface area contributed by atoms with E-state index in [2.05, 4.69) is 31.0 Å². The van der Waals surface area contributed by atoms with E-state index in [1.165, 1.54) is 45.3 Å². The molecule has 1 saturated carbocycles. The van der Waals surface area contributed by atoms with E-state index in [1.807, 2.05) is 0 Å². The van der Waals surface area contributed by atoms with Crippen LogP contribution in [0.15, 0.2) is 0 Å². The summed E-state index contributed by atoms with van der Waals surface area (Å²) in [5, 5.41) is 3.69. The van der Waals surface area contributed by atoms with Gasteiger partial charge in [-0.2, -0.15) is 0 Å². The Morgan fingerprint density at radius 2 is 2.07 bits per heavy atom. The lowest BCUT2D eigenvalue weighted by Gasteiger charge is -2.48. The summed E-state index contributed by atoms with van der Waals surface area (Å²) < 4.78 is 0. The third-order valence-electron chi connectivity index (χ3n) is 4.41. The molecular weight excluding hydrogens is 184 g/mol. The number of piperazine rings is 1. The highest BCUT2D eigenvalue weighted by molar-refractivity contribution is 4.96. The van der Waals surface area contributed by atoms with E-state index < -0.39 is 0 Å². The maximum atomic E-state index is 3.69. The number of hydrogen-bond donors (Lipinski definition) is 1. The SMILES string of the molecule is CCC1CN(CC2CC2)C(C)(CC)CN1. The lowest BCUT2D eigenvalue weighted by Crippen LogP contribution is -2.63. The molecule has 0 aromatic heterocycles. The van der Waals surface area contributed by atoms with Crippen molar-refractivity contribution in [3.05, 3.63) is 0 Å². The number of nitrogens with zero attached hydrogens (tertiary/aromatic N) is 1. The first-order valence-electron chi connectivity index (χ1n) is 6.66. The van der Waals surface area contributed by atoms with Crippen LogP contribution in [-0.4, -0.2) is 36.1 Å². The third kappa shape index (κ3) is 2.54. The van der Waals surface area contributed by atoms with E-state index in [0.29, 0.717) is 5.54 Å². The average molecular weight is 210 g/mol. The van der Waals surface area contributed by atoms with Gasteiger partial charge in [-0.05, 0) is 38.5 Å². The van der Waals surface area contributed by atoms with E-state index in [-0.39, 0.29) is 0 Å². The summed E-state index contributed by atoms with van der Waals surface area (Å²) in [5.74, 6) is 1.02. The van der Waals surface area contributed by atoms with Crippen LogP contribution in [0.4, 0.5) is 0 Å². The third-order valence-corrected chi connectivity index (χ3v) is 4.41. The van der Waals surface area contributed by atoms with Crippen molar-refractivity contribution in [2.45, 2.75) is 58.0 Å². The molecule has 0 radical (unpaired) electrons. The predicted octanol–water partition coefficient (Wildman–Crippen LogP) is 2.25. The van der Waals surface area contributed by atoms with Crippen molar-refractivity contribution in [1.29, 1.82) is 0 Å². The van der Waals surface area contributed by atoms with Crippen LogP contribution in [0.25, 0.3) is 0 Å². The van der Waals surface area contributed by atoms with Crippen LogP contribution in [0.5, 0.6) is 0 Å². The van der Waals surface area contributed by atoms with Crippen LogP contribution in [0, 0.1) is 5.92 Å². The second-order valence-corrected chi connectivity index (χ2v) is 5.68. The zero-order valence-electron chi connectivity index (χ0n) is 10.6. The molecule has 0 bridgehead atoms. The minimum absolute atomic E-state index is 0.411. The Balaban J connectivity index is 1.97. The second-order valence-electron chi connectivity index (χ2n) is 5.68. The summed E-state index contributed by atoms with van der Waals surface area (Å²) in [5.41, 5.74) is 0.411. The van der Waals surface area contributed by atoms with Crippen molar-refractivity contribution < 1.29 is 0 Å².